The maximum atomic E-state index is 12.6. The van der Waals surface area contributed by atoms with Crippen molar-refractivity contribution in [3.05, 3.63) is 40.7 Å². The molecule has 0 saturated carbocycles. The van der Waals surface area contributed by atoms with Crippen molar-refractivity contribution in [3.8, 4) is 5.69 Å². The average molecular weight is 406 g/mol. The molecule has 2 aromatic rings. The van der Waals surface area contributed by atoms with Gasteiger partial charge in [-0.1, -0.05) is 31.2 Å². The summed E-state index contributed by atoms with van der Waals surface area (Å²) < 4.78 is 26.9. The molecule has 0 saturated heterocycles. The molecule has 8 nitrogen and oxygen atoms in total. The van der Waals surface area contributed by atoms with Gasteiger partial charge in [-0.15, -0.1) is 5.10 Å². The van der Waals surface area contributed by atoms with Gasteiger partial charge in [0.25, 0.3) is 5.91 Å². The molecule has 1 aliphatic rings. The van der Waals surface area contributed by atoms with E-state index in [-0.39, 0.29) is 11.9 Å². The van der Waals surface area contributed by atoms with Crippen LogP contribution >= 0.6 is 0 Å². The van der Waals surface area contributed by atoms with Crippen molar-refractivity contribution in [2.75, 3.05) is 12.8 Å². The first-order valence-corrected chi connectivity index (χ1v) is 11.2. The number of carbonyl (C=O) groups excluding carboxylic acids is 1. The molecule has 1 aromatic carbocycles. The average Bonchev–Trinajstić information content (AvgIpc) is 3.01. The topological polar surface area (TPSA) is 97.2 Å². The predicted molar refractivity (Wildman–Crippen MR) is 107 cm³/mol. The molecule has 152 valence electrons. The number of hydrogen-bond donors (Lipinski definition) is 1. The van der Waals surface area contributed by atoms with Gasteiger partial charge >= 0.3 is 0 Å². The normalized spacial score (nSPS) is 16.1. The summed E-state index contributed by atoms with van der Waals surface area (Å²) in [5, 5.41) is 11.3. The second-order valence-corrected chi connectivity index (χ2v) is 9.69. The van der Waals surface area contributed by atoms with Gasteiger partial charge in [-0.2, -0.15) is 4.31 Å². The van der Waals surface area contributed by atoms with Crippen LogP contribution < -0.4 is 5.32 Å². The van der Waals surface area contributed by atoms with Gasteiger partial charge in [0, 0.05) is 19.1 Å². The monoisotopic (exact) mass is 405 g/mol. The number of carbonyl (C=O) groups is 1. The summed E-state index contributed by atoms with van der Waals surface area (Å²) in [6.07, 6.45) is 1.82. The number of rotatable bonds is 5. The number of nitrogens with zero attached hydrogens (tertiary/aromatic N) is 4. The van der Waals surface area contributed by atoms with E-state index in [0.717, 1.165) is 16.8 Å². The number of benzene rings is 1. The van der Waals surface area contributed by atoms with E-state index in [2.05, 4.69) is 15.6 Å². The van der Waals surface area contributed by atoms with Crippen LogP contribution in [-0.4, -0.2) is 52.5 Å². The van der Waals surface area contributed by atoms with Crippen molar-refractivity contribution in [1.29, 1.82) is 0 Å². The third kappa shape index (κ3) is 3.95. The molecule has 1 atom stereocenters. The molecule has 1 N–H and O–H groups in total. The Morgan fingerprint density at radius 3 is 2.61 bits per heavy atom. The Bertz CT molecular complexity index is 997. The van der Waals surface area contributed by atoms with E-state index in [4.69, 9.17) is 0 Å². The van der Waals surface area contributed by atoms with Crippen molar-refractivity contribution in [3.63, 3.8) is 0 Å². The summed E-state index contributed by atoms with van der Waals surface area (Å²) in [5.74, 6) is 0.0798. The minimum absolute atomic E-state index is 0.0310. The highest BCUT2D eigenvalue weighted by atomic mass is 32.2. The molecule has 9 heteroatoms. The molecule has 3 rings (SSSR count). The van der Waals surface area contributed by atoms with E-state index in [1.807, 2.05) is 45.9 Å². The SMILES string of the molecule is Cc1c(C(=O)N[C@@H](C)C(C)C)nnn1-c1cccc2c1CCN(S(C)(=O)=O)C2. The molecule has 0 aliphatic carbocycles. The van der Waals surface area contributed by atoms with Crippen LogP contribution in [0.4, 0.5) is 0 Å². The fraction of sp³-hybridized carbons (Fsp3) is 0.526. The highest BCUT2D eigenvalue weighted by molar-refractivity contribution is 7.88. The van der Waals surface area contributed by atoms with Crippen LogP contribution in [0.2, 0.25) is 0 Å². The Morgan fingerprint density at radius 2 is 1.96 bits per heavy atom. The lowest BCUT2D eigenvalue weighted by molar-refractivity contribution is 0.0924. The molecular weight excluding hydrogens is 378 g/mol. The number of nitrogens with one attached hydrogen (secondary N) is 1. The summed E-state index contributed by atoms with van der Waals surface area (Å²) in [7, 11) is -3.23. The lowest BCUT2D eigenvalue weighted by Gasteiger charge is -2.28. The van der Waals surface area contributed by atoms with Crippen molar-refractivity contribution in [2.45, 2.75) is 46.7 Å². The summed E-state index contributed by atoms with van der Waals surface area (Å²) in [6.45, 7) is 8.64. The van der Waals surface area contributed by atoms with Crippen LogP contribution in [0.3, 0.4) is 0 Å². The zero-order chi connectivity index (χ0) is 20.6. The van der Waals surface area contributed by atoms with Crippen LogP contribution in [-0.2, 0) is 23.0 Å². The van der Waals surface area contributed by atoms with E-state index < -0.39 is 10.0 Å². The summed E-state index contributed by atoms with van der Waals surface area (Å²) >= 11 is 0. The van der Waals surface area contributed by atoms with Gasteiger partial charge in [-0.3, -0.25) is 4.79 Å². The molecule has 0 radical (unpaired) electrons. The third-order valence-corrected chi connectivity index (χ3v) is 6.62. The fourth-order valence-corrected chi connectivity index (χ4v) is 4.05. The number of aromatic nitrogens is 3. The quantitative estimate of drug-likeness (QED) is 0.816. The summed E-state index contributed by atoms with van der Waals surface area (Å²) in [6, 6.07) is 5.76. The maximum absolute atomic E-state index is 12.6. The minimum Gasteiger partial charge on any atom is -0.348 e. The minimum atomic E-state index is -3.23. The first kappa shape index (κ1) is 20.5. The smallest absolute Gasteiger partial charge is 0.273 e. The van der Waals surface area contributed by atoms with Gasteiger partial charge < -0.3 is 5.32 Å². The van der Waals surface area contributed by atoms with E-state index in [0.29, 0.717) is 36.8 Å². The largest absolute Gasteiger partial charge is 0.348 e. The van der Waals surface area contributed by atoms with Crippen LogP contribution in [0.15, 0.2) is 18.2 Å². The maximum Gasteiger partial charge on any atom is 0.273 e. The Morgan fingerprint density at radius 1 is 1.25 bits per heavy atom. The van der Waals surface area contributed by atoms with E-state index in [9.17, 15) is 13.2 Å². The first-order valence-electron chi connectivity index (χ1n) is 9.39. The second-order valence-electron chi connectivity index (χ2n) is 7.70. The molecule has 0 spiro atoms. The van der Waals surface area contributed by atoms with E-state index >= 15 is 0 Å². The van der Waals surface area contributed by atoms with Gasteiger partial charge in [0.15, 0.2) is 5.69 Å². The lowest BCUT2D eigenvalue weighted by atomic mass is 9.99. The second kappa shape index (κ2) is 7.63. The van der Waals surface area contributed by atoms with E-state index in [1.165, 1.54) is 10.6 Å². The Hall–Kier alpha value is -2.26. The molecular formula is C19H27N5O3S. The summed E-state index contributed by atoms with van der Waals surface area (Å²) in [5.41, 5.74) is 3.79. The van der Waals surface area contributed by atoms with Crippen molar-refractivity contribution < 1.29 is 13.2 Å². The predicted octanol–water partition coefficient (Wildman–Crippen LogP) is 1.67. The van der Waals surface area contributed by atoms with Crippen LogP contribution in [0.25, 0.3) is 5.69 Å². The highest BCUT2D eigenvalue weighted by Crippen LogP contribution is 2.27. The van der Waals surface area contributed by atoms with Crippen molar-refractivity contribution in [1.82, 2.24) is 24.6 Å². The van der Waals surface area contributed by atoms with Gasteiger partial charge in [0.2, 0.25) is 10.0 Å². The number of sulfonamides is 1. The standard InChI is InChI=1S/C19H27N5O3S/c1-12(2)13(3)20-19(25)18-14(4)24(22-21-18)17-8-6-7-15-11-23(28(5,26)27)10-9-16(15)17/h6-8,12-13H,9-11H2,1-5H3,(H,20,25)/t13-/m0/s1. The molecule has 0 bridgehead atoms. The molecule has 2 heterocycles. The zero-order valence-electron chi connectivity index (χ0n) is 16.9. The van der Waals surface area contributed by atoms with E-state index in [1.54, 1.807) is 4.68 Å². The van der Waals surface area contributed by atoms with Gasteiger partial charge in [-0.25, -0.2) is 13.1 Å². The molecule has 0 fully saturated rings. The highest BCUT2D eigenvalue weighted by Gasteiger charge is 2.27. The third-order valence-electron chi connectivity index (χ3n) is 5.37. The van der Waals surface area contributed by atoms with Crippen LogP contribution in [0, 0.1) is 12.8 Å². The Labute approximate surface area is 166 Å². The fourth-order valence-electron chi connectivity index (χ4n) is 3.25. The molecule has 1 aromatic heterocycles. The van der Waals surface area contributed by atoms with Crippen LogP contribution in [0.5, 0.6) is 0 Å². The van der Waals surface area contributed by atoms with Gasteiger partial charge in [-0.05, 0) is 43.4 Å². The summed E-state index contributed by atoms with van der Waals surface area (Å²) in [4.78, 5) is 12.6. The number of amides is 1. The van der Waals surface area contributed by atoms with Crippen LogP contribution in [0.1, 0.15) is 48.1 Å². The molecule has 28 heavy (non-hydrogen) atoms. The molecule has 0 unspecified atom stereocenters. The van der Waals surface area contributed by atoms with Crippen molar-refractivity contribution >= 4 is 15.9 Å². The lowest BCUT2D eigenvalue weighted by Crippen LogP contribution is -2.36. The number of fused-ring (bicyclic) bond motifs is 1. The molecule has 1 amide bonds. The zero-order valence-corrected chi connectivity index (χ0v) is 17.7. The molecule has 1 aliphatic heterocycles. The van der Waals surface area contributed by atoms with Gasteiger partial charge in [0.1, 0.15) is 0 Å². The Balaban J connectivity index is 1.92. The van der Waals surface area contributed by atoms with Crippen molar-refractivity contribution in [2.24, 2.45) is 5.92 Å². The van der Waals surface area contributed by atoms with Gasteiger partial charge in [0.05, 0.1) is 17.6 Å². The number of hydrogen-bond acceptors (Lipinski definition) is 5. The Kier molecular flexibility index (Phi) is 5.58. The first-order chi connectivity index (χ1) is 13.1.